The van der Waals surface area contributed by atoms with E-state index < -0.39 is 17.3 Å². The van der Waals surface area contributed by atoms with Crippen molar-refractivity contribution < 1.29 is 22.9 Å². The lowest BCUT2D eigenvalue weighted by molar-refractivity contribution is -0.892. The molecule has 0 aromatic heterocycles. The molecule has 2 N–H and O–H groups in total. The molecule has 1 aliphatic heterocycles. The van der Waals surface area contributed by atoms with E-state index in [2.05, 4.69) is 11.2 Å². The van der Waals surface area contributed by atoms with Gasteiger partial charge in [0.25, 0.3) is 5.91 Å². The molecule has 1 fully saturated rings. The molecule has 148 valence electrons. The highest BCUT2D eigenvalue weighted by atomic mass is 19.4. The van der Waals surface area contributed by atoms with E-state index in [4.69, 9.17) is 6.42 Å². The predicted molar refractivity (Wildman–Crippen MR) is 99.5 cm³/mol. The minimum atomic E-state index is -4.34. The monoisotopic (exact) mass is 382 g/mol. The van der Waals surface area contributed by atoms with Gasteiger partial charge >= 0.3 is 6.18 Å². The van der Waals surface area contributed by atoms with Gasteiger partial charge in [-0.15, -0.1) is 6.42 Å². The number of piperazine rings is 1. The van der Waals surface area contributed by atoms with Crippen LogP contribution in [0.4, 0.5) is 18.9 Å². The highest BCUT2D eigenvalue weighted by Crippen LogP contribution is 2.31. The van der Waals surface area contributed by atoms with Crippen LogP contribution in [0.3, 0.4) is 0 Å². The van der Waals surface area contributed by atoms with Crippen molar-refractivity contribution in [3.05, 3.63) is 29.8 Å². The third-order valence-corrected chi connectivity index (χ3v) is 5.28. The van der Waals surface area contributed by atoms with Crippen molar-refractivity contribution in [3.8, 4) is 12.3 Å². The van der Waals surface area contributed by atoms with Crippen LogP contribution in [0.15, 0.2) is 24.3 Å². The summed E-state index contributed by atoms with van der Waals surface area (Å²) in [5.41, 5.74) is -0.674. The zero-order chi connectivity index (χ0) is 20.1. The third-order valence-electron chi connectivity index (χ3n) is 5.28. The summed E-state index contributed by atoms with van der Waals surface area (Å²) in [6, 6.07) is 5.38. The third kappa shape index (κ3) is 5.39. The normalized spacial score (nSPS) is 16.1. The first kappa shape index (κ1) is 21.1. The first-order chi connectivity index (χ1) is 12.7. The van der Waals surface area contributed by atoms with Crippen molar-refractivity contribution in [2.75, 3.05) is 37.6 Å². The highest BCUT2D eigenvalue weighted by molar-refractivity contribution is 5.78. The van der Waals surface area contributed by atoms with Gasteiger partial charge in [-0.05, 0) is 31.0 Å². The Morgan fingerprint density at radius 3 is 2.41 bits per heavy atom. The standard InChI is InChI=1S/C20H26F3N3O/c1-4-19(5-2,6-3)24-18(27)15-25-10-12-26(13-11-25)17-9-7-8-16(14-17)20(21,22)23/h1,7-9,14H,5-6,10-13,15H2,2-3H3,(H,24,27)/p+1. The Morgan fingerprint density at radius 2 is 1.89 bits per heavy atom. The van der Waals surface area contributed by atoms with E-state index in [-0.39, 0.29) is 5.91 Å². The number of anilines is 1. The van der Waals surface area contributed by atoms with Crippen LogP contribution in [0, 0.1) is 12.3 Å². The second kappa shape index (κ2) is 8.66. The predicted octanol–water partition coefficient (Wildman–Crippen LogP) is 1.72. The number of benzene rings is 1. The van der Waals surface area contributed by atoms with Gasteiger partial charge in [0.2, 0.25) is 0 Å². The van der Waals surface area contributed by atoms with E-state index in [0.29, 0.717) is 51.3 Å². The molecule has 1 aromatic carbocycles. The molecule has 0 saturated carbocycles. The fraction of sp³-hybridized carbons (Fsp3) is 0.550. The number of halogens is 3. The van der Waals surface area contributed by atoms with Crippen molar-refractivity contribution in [2.45, 2.75) is 38.4 Å². The van der Waals surface area contributed by atoms with Gasteiger partial charge in [0.15, 0.2) is 6.54 Å². The molecule has 0 bridgehead atoms. The molecular weight excluding hydrogens is 355 g/mol. The second-order valence-corrected chi connectivity index (χ2v) is 6.94. The lowest BCUT2D eigenvalue weighted by Crippen LogP contribution is -3.16. The molecule has 4 nitrogen and oxygen atoms in total. The van der Waals surface area contributed by atoms with Crippen molar-refractivity contribution in [1.82, 2.24) is 5.32 Å². The number of rotatable bonds is 6. The number of nitrogens with one attached hydrogen (secondary N) is 2. The zero-order valence-electron chi connectivity index (χ0n) is 15.8. The number of quaternary nitrogens is 1. The van der Waals surface area contributed by atoms with Crippen LogP contribution in [0.5, 0.6) is 0 Å². The Kier molecular flexibility index (Phi) is 6.77. The summed E-state index contributed by atoms with van der Waals surface area (Å²) in [5, 5.41) is 2.96. The largest absolute Gasteiger partial charge is 0.416 e. The van der Waals surface area contributed by atoms with Gasteiger partial charge < -0.3 is 15.1 Å². The maximum absolute atomic E-state index is 12.9. The van der Waals surface area contributed by atoms with Crippen LogP contribution in [0.25, 0.3) is 0 Å². The molecule has 1 heterocycles. The maximum atomic E-state index is 12.9. The van der Waals surface area contributed by atoms with Crippen LogP contribution in [0.2, 0.25) is 0 Å². The Labute approximate surface area is 158 Å². The van der Waals surface area contributed by atoms with Crippen LogP contribution in [-0.4, -0.2) is 44.2 Å². The van der Waals surface area contributed by atoms with Gasteiger partial charge in [-0.1, -0.05) is 25.8 Å². The summed E-state index contributed by atoms with van der Waals surface area (Å²) >= 11 is 0. The first-order valence-corrected chi connectivity index (χ1v) is 9.27. The topological polar surface area (TPSA) is 36.8 Å². The van der Waals surface area contributed by atoms with Crippen LogP contribution < -0.4 is 15.1 Å². The molecule has 0 spiro atoms. The van der Waals surface area contributed by atoms with E-state index in [0.717, 1.165) is 11.0 Å². The van der Waals surface area contributed by atoms with Crippen LogP contribution in [-0.2, 0) is 11.0 Å². The summed E-state index contributed by atoms with van der Waals surface area (Å²) in [6.07, 6.45) is 2.58. The van der Waals surface area contributed by atoms with Gasteiger partial charge in [0.1, 0.15) is 5.54 Å². The molecular formula is C20H27F3N3O+. The molecule has 27 heavy (non-hydrogen) atoms. The molecule has 1 aromatic rings. The smallest absolute Gasteiger partial charge is 0.360 e. The number of carbonyl (C=O) groups excluding carboxylic acids is 1. The van der Waals surface area contributed by atoms with E-state index in [1.165, 1.54) is 12.1 Å². The quantitative estimate of drug-likeness (QED) is 0.735. The van der Waals surface area contributed by atoms with Crippen molar-refractivity contribution >= 4 is 11.6 Å². The SMILES string of the molecule is C#CC(CC)(CC)NC(=O)C[NH+]1CCN(c2cccc(C(F)(F)F)c2)CC1. The van der Waals surface area contributed by atoms with E-state index in [1.807, 2.05) is 18.7 Å². The molecule has 0 unspecified atom stereocenters. The number of alkyl halides is 3. The summed E-state index contributed by atoms with van der Waals surface area (Å²) in [5.74, 6) is 2.60. The molecule has 0 aliphatic carbocycles. The van der Waals surface area contributed by atoms with Gasteiger partial charge in [-0.3, -0.25) is 4.79 Å². The minimum Gasteiger partial charge on any atom is -0.360 e. The molecule has 1 saturated heterocycles. The summed E-state index contributed by atoms with van der Waals surface area (Å²) in [7, 11) is 0. The fourth-order valence-electron chi connectivity index (χ4n) is 3.34. The number of hydrogen-bond acceptors (Lipinski definition) is 2. The number of carbonyl (C=O) groups is 1. The van der Waals surface area contributed by atoms with E-state index >= 15 is 0 Å². The molecule has 0 radical (unpaired) electrons. The molecule has 2 rings (SSSR count). The number of hydrogen-bond donors (Lipinski definition) is 2. The van der Waals surface area contributed by atoms with E-state index in [9.17, 15) is 18.0 Å². The molecule has 0 atom stereocenters. The Morgan fingerprint density at radius 1 is 1.26 bits per heavy atom. The average molecular weight is 382 g/mol. The van der Waals surface area contributed by atoms with Gasteiger partial charge in [-0.25, -0.2) is 0 Å². The summed E-state index contributed by atoms with van der Waals surface area (Å²) in [6.45, 7) is 6.79. The molecule has 1 amide bonds. The van der Waals surface area contributed by atoms with E-state index in [1.54, 1.807) is 6.07 Å². The minimum absolute atomic E-state index is 0.0841. The summed E-state index contributed by atoms with van der Waals surface area (Å²) < 4.78 is 38.6. The fourth-order valence-corrected chi connectivity index (χ4v) is 3.34. The highest BCUT2D eigenvalue weighted by Gasteiger charge is 2.32. The maximum Gasteiger partial charge on any atom is 0.416 e. The van der Waals surface area contributed by atoms with Crippen LogP contribution in [0.1, 0.15) is 32.3 Å². The zero-order valence-corrected chi connectivity index (χ0v) is 15.8. The number of amides is 1. The van der Waals surface area contributed by atoms with Crippen molar-refractivity contribution in [3.63, 3.8) is 0 Å². The number of terminal acetylenes is 1. The van der Waals surface area contributed by atoms with Gasteiger partial charge in [-0.2, -0.15) is 13.2 Å². The first-order valence-electron chi connectivity index (χ1n) is 9.27. The number of nitrogens with zero attached hydrogens (tertiary/aromatic N) is 1. The second-order valence-electron chi connectivity index (χ2n) is 6.94. The van der Waals surface area contributed by atoms with Gasteiger partial charge in [0.05, 0.1) is 31.7 Å². The average Bonchev–Trinajstić information content (AvgIpc) is 2.66. The Balaban J connectivity index is 1.91. The lowest BCUT2D eigenvalue weighted by atomic mass is 9.94. The molecule has 1 aliphatic rings. The summed E-state index contributed by atoms with van der Waals surface area (Å²) in [4.78, 5) is 15.4. The van der Waals surface area contributed by atoms with Gasteiger partial charge in [0, 0.05) is 5.69 Å². The molecule has 7 heteroatoms. The van der Waals surface area contributed by atoms with Crippen LogP contribution >= 0.6 is 0 Å². The van der Waals surface area contributed by atoms with Crippen molar-refractivity contribution in [1.29, 1.82) is 0 Å². The Bertz CT molecular complexity index is 684. The lowest BCUT2D eigenvalue weighted by Gasteiger charge is -2.34. The van der Waals surface area contributed by atoms with Crippen molar-refractivity contribution in [2.24, 2.45) is 0 Å². The Hall–Kier alpha value is -2.20.